The van der Waals surface area contributed by atoms with Gasteiger partial charge in [0.15, 0.2) is 0 Å². The Morgan fingerprint density at radius 1 is 1.22 bits per heavy atom. The largest absolute Gasteiger partial charge is 0.371 e. The molecule has 2 saturated heterocycles. The first-order valence-electron chi connectivity index (χ1n) is 7.25. The molecule has 2 heterocycles. The van der Waals surface area contributed by atoms with Gasteiger partial charge in [-0.2, -0.15) is 0 Å². The quantitative estimate of drug-likeness (QED) is 0.860. The summed E-state index contributed by atoms with van der Waals surface area (Å²) in [5, 5.41) is 3.45. The molecule has 2 nitrogen and oxygen atoms in total. The second-order valence-corrected chi connectivity index (χ2v) is 6.34. The van der Waals surface area contributed by atoms with E-state index in [0.29, 0.717) is 11.3 Å². The molecule has 98 valence electrons. The highest BCUT2D eigenvalue weighted by atomic mass is 15.2. The predicted octanol–water partition coefficient (Wildman–Crippen LogP) is 3.00. The molecule has 0 unspecified atom stereocenters. The van der Waals surface area contributed by atoms with Crippen molar-refractivity contribution in [2.45, 2.75) is 32.6 Å². The summed E-state index contributed by atoms with van der Waals surface area (Å²) in [6.45, 7) is 9.49. The minimum absolute atomic E-state index is 0.572. The van der Waals surface area contributed by atoms with Gasteiger partial charge in [-0.1, -0.05) is 32.0 Å². The van der Waals surface area contributed by atoms with E-state index in [9.17, 15) is 0 Å². The molecule has 2 heteroatoms. The van der Waals surface area contributed by atoms with Crippen molar-refractivity contribution in [3.05, 3.63) is 29.8 Å². The molecular formula is C16H24N2. The van der Waals surface area contributed by atoms with Crippen LogP contribution in [0.3, 0.4) is 0 Å². The van der Waals surface area contributed by atoms with E-state index in [-0.39, 0.29) is 0 Å². The molecule has 1 aromatic rings. The van der Waals surface area contributed by atoms with Crippen LogP contribution in [0.4, 0.5) is 5.69 Å². The maximum absolute atomic E-state index is 3.45. The fraction of sp³-hybridized carbons (Fsp3) is 0.625. The molecule has 18 heavy (non-hydrogen) atoms. The van der Waals surface area contributed by atoms with Gasteiger partial charge >= 0.3 is 0 Å². The summed E-state index contributed by atoms with van der Waals surface area (Å²) in [6.07, 6.45) is 2.74. The molecule has 0 atom stereocenters. The van der Waals surface area contributed by atoms with Gasteiger partial charge in [-0.25, -0.2) is 0 Å². The van der Waals surface area contributed by atoms with Crippen LogP contribution >= 0.6 is 0 Å². The van der Waals surface area contributed by atoms with Crippen molar-refractivity contribution in [3.63, 3.8) is 0 Å². The van der Waals surface area contributed by atoms with Gasteiger partial charge in [0.2, 0.25) is 0 Å². The Hall–Kier alpha value is -1.02. The number of rotatable bonds is 2. The maximum Gasteiger partial charge on any atom is 0.0401 e. The maximum atomic E-state index is 3.45. The Labute approximate surface area is 110 Å². The molecule has 1 N–H and O–H groups in total. The molecule has 2 aliphatic rings. The number of benzene rings is 1. The SMILES string of the molecule is CC(C)c1ccccc1N1CCCC2(CNC2)C1. The van der Waals surface area contributed by atoms with E-state index in [1.54, 1.807) is 0 Å². The van der Waals surface area contributed by atoms with Crippen molar-refractivity contribution in [3.8, 4) is 0 Å². The highest BCUT2D eigenvalue weighted by molar-refractivity contribution is 5.55. The molecule has 0 saturated carbocycles. The minimum Gasteiger partial charge on any atom is -0.371 e. The lowest BCUT2D eigenvalue weighted by Gasteiger charge is -2.50. The van der Waals surface area contributed by atoms with E-state index >= 15 is 0 Å². The van der Waals surface area contributed by atoms with Crippen molar-refractivity contribution < 1.29 is 0 Å². The monoisotopic (exact) mass is 244 g/mol. The summed E-state index contributed by atoms with van der Waals surface area (Å²) >= 11 is 0. The molecule has 0 amide bonds. The van der Waals surface area contributed by atoms with Crippen molar-refractivity contribution in [1.29, 1.82) is 0 Å². The number of hydrogen-bond donors (Lipinski definition) is 1. The smallest absolute Gasteiger partial charge is 0.0401 e. The highest BCUT2D eigenvalue weighted by Crippen LogP contribution is 2.37. The van der Waals surface area contributed by atoms with E-state index in [1.165, 1.54) is 50.3 Å². The molecular weight excluding hydrogens is 220 g/mol. The standard InChI is InChI=1S/C16H24N2/c1-13(2)14-6-3-4-7-15(14)18-9-5-8-16(12-18)10-17-11-16/h3-4,6-7,13,17H,5,8-12H2,1-2H3. The lowest BCUT2D eigenvalue weighted by molar-refractivity contribution is 0.138. The van der Waals surface area contributed by atoms with Crippen LogP contribution in [0.1, 0.15) is 38.2 Å². The average molecular weight is 244 g/mol. The first kappa shape index (κ1) is 12.0. The summed E-state index contributed by atoms with van der Waals surface area (Å²) in [4.78, 5) is 2.62. The third-order valence-corrected chi connectivity index (χ3v) is 4.56. The molecule has 2 fully saturated rings. The molecule has 1 aromatic carbocycles. The Balaban J connectivity index is 1.85. The van der Waals surface area contributed by atoms with Gasteiger partial charge < -0.3 is 10.2 Å². The summed E-state index contributed by atoms with van der Waals surface area (Å²) in [6, 6.07) is 8.95. The fourth-order valence-electron chi connectivity index (χ4n) is 3.44. The van der Waals surface area contributed by atoms with Crippen LogP contribution in [0.15, 0.2) is 24.3 Å². The number of para-hydroxylation sites is 1. The minimum atomic E-state index is 0.572. The number of nitrogens with zero attached hydrogens (tertiary/aromatic N) is 1. The second-order valence-electron chi connectivity index (χ2n) is 6.34. The highest BCUT2D eigenvalue weighted by Gasteiger charge is 2.40. The summed E-state index contributed by atoms with van der Waals surface area (Å²) in [5.41, 5.74) is 3.54. The molecule has 3 rings (SSSR count). The van der Waals surface area contributed by atoms with Crippen LogP contribution in [0, 0.1) is 5.41 Å². The van der Waals surface area contributed by atoms with Crippen LogP contribution in [0.2, 0.25) is 0 Å². The van der Waals surface area contributed by atoms with E-state index < -0.39 is 0 Å². The van der Waals surface area contributed by atoms with Gasteiger partial charge in [-0.3, -0.25) is 0 Å². The van der Waals surface area contributed by atoms with Gasteiger partial charge in [0.25, 0.3) is 0 Å². The first-order chi connectivity index (χ1) is 8.70. The lowest BCUT2D eigenvalue weighted by atomic mass is 9.74. The molecule has 0 bridgehead atoms. The number of hydrogen-bond acceptors (Lipinski definition) is 2. The Morgan fingerprint density at radius 3 is 2.67 bits per heavy atom. The average Bonchev–Trinajstić information content (AvgIpc) is 2.37. The summed E-state index contributed by atoms with van der Waals surface area (Å²) in [7, 11) is 0. The first-order valence-corrected chi connectivity index (χ1v) is 7.25. The second kappa shape index (κ2) is 4.58. The Kier molecular flexibility index (Phi) is 3.06. The van der Waals surface area contributed by atoms with E-state index in [2.05, 4.69) is 48.3 Å². The lowest BCUT2D eigenvalue weighted by Crippen LogP contribution is -2.61. The third-order valence-electron chi connectivity index (χ3n) is 4.56. The topological polar surface area (TPSA) is 15.3 Å². The van der Waals surface area contributed by atoms with Gasteiger partial charge in [-0.05, 0) is 30.4 Å². The normalized spacial score (nSPS) is 22.3. The zero-order valence-electron chi connectivity index (χ0n) is 11.6. The van der Waals surface area contributed by atoms with Crippen molar-refractivity contribution in [2.75, 3.05) is 31.1 Å². The molecule has 0 aliphatic carbocycles. The van der Waals surface area contributed by atoms with Crippen LogP contribution in [0.25, 0.3) is 0 Å². The molecule has 0 aromatic heterocycles. The molecule has 2 aliphatic heterocycles. The van der Waals surface area contributed by atoms with Gasteiger partial charge in [0, 0.05) is 37.3 Å². The number of anilines is 1. The summed E-state index contributed by atoms with van der Waals surface area (Å²) in [5.74, 6) is 0.610. The van der Waals surface area contributed by atoms with Gasteiger partial charge in [-0.15, -0.1) is 0 Å². The number of piperidine rings is 1. The zero-order chi connectivity index (χ0) is 12.6. The molecule has 0 radical (unpaired) electrons. The van der Waals surface area contributed by atoms with Gasteiger partial charge in [0.1, 0.15) is 0 Å². The zero-order valence-corrected chi connectivity index (χ0v) is 11.6. The Morgan fingerprint density at radius 2 is 2.00 bits per heavy atom. The van der Waals surface area contributed by atoms with Gasteiger partial charge in [0.05, 0.1) is 0 Å². The van der Waals surface area contributed by atoms with E-state index in [4.69, 9.17) is 0 Å². The predicted molar refractivity (Wildman–Crippen MR) is 77.3 cm³/mol. The van der Waals surface area contributed by atoms with Crippen LogP contribution < -0.4 is 10.2 Å². The van der Waals surface area contributed by atoms with E-state index in [1.807, 2.05) is 0 Å². The van der Waals surface area contributed by atoms with Crippen molar-refractivity contribution >= 4 is 5.69 Å². The van der Waals surface area contributed by atoms with E-state index in [0.717, 1.165) is 0 Å². The van der Waals surface area contributed by atoms with Crippen LogP contribution in [-0.2, 0) is 0 Å². The number of nitrogens with one attached hydrogen (secondary N) is 1. The van der Waals surface area contributed by atoms with Crippen LogP contribution in [0.5, 0.6) is 0 Å². The fourth-order valence-corrected chi connectivity index (χ4v) is 3.44. The van der Waals surface area contributed by atoms with Crippen molar-refractivity contribution in [2.24, 2.45) is 5.41 Å². The molecule has 1 spiro atoms. The van der Waals surface area contributed by atoms with Crippen LogP contribution in [-0.4, -0.2) is 26.2 Å². The van der Waals surface area contributed by atoms with Crippen molar-refractivity contribution in [1.82, 2.24) is 5.32 Å². The summed E-state index contributed by atoms with van der Waals surface area (Å²) < 4.78 is 0. The third kappa shape index (κ3) is 2.03. The Bertz CT molecular complexity index is 421.